The van der Waals surface area contributed by atoms with Crippen LogP contribution in [0.2, 0.25) is 0 Å². The van der Waals surface area contributed by atoms with Crippen LogP contribution in [0.15, 0.2) is 30.5 Å². The van der Waals surface area contributed by atoms with Crippen molar-refractivity contribution < 1.29 is 0 Å². The van der Waals surface area contributed by atoms with Crippen molar-refractivity contribution in [2.24, 2.45) is 0 Å². The second-order valence-corrected chi connectivity index (χ2v) is 6.05. The maximum Gasteiger partial charge on any atom is 0.0965 e. The number of nitrogens with zero attached hydrogens (tertiary/aromatic N) is 3. The van der Waals surface area contributed by atoms with Gasteiger partial charge in [0.1, 0.15) is 0 Å². The van der Waals surface area contributed by atoms with Crippen LogP contribution >= 0.6 is 0 Å². The Morgan fingerprint density at radius 1 is 1.10 bits per heavy atom. The third kappa shape index (κ3) is 3.67. The van der Waals surface area contributed by atoms with E-state index in [9.17, 15) is 0 Å². The van der Waals surface area contributed by atoms with E-state index in [-0.39, 0.29) is 5.54 Å². The van der Waals surface area contributed by atoms with E-state index in [4.69, 9.17) is 0 Å². The zero-order chi connectivity index (χ0) is 14.6. The summed E-state index contributed by atoms with van der Waals surface area (Å²) in [6.07, 6.45) is 3.08. The third-order valence-corrected chi connectivity index (χ3v) is 3.35. The van der Waals surface area contributed by atoms with Gasteiger partial charge in [-0.3, -0.25) is 0 Å². The van der Waals surface area contributed by atoms with Crippen molar-refractivity contribution in [3.05, 3.63) is 47.3 Å². The average Bonchev–Trinajstić information content (AvgIpc) is 2.88. The summed E-state index contributed by atoms with van der Waals surface area (Å²) in [5.41, 5.74) is 3.73. The average molecular weight is 272 g/mol. The van der Waals surface area contributed by atoms with Gasteiger partial charge < -0.3 is 5.32 Å². The number of aryl methyl sites for hydroxylation is 1. The first kappa shape index (κ1) is 14.7. The summed E-state index contributed by atoms with van der Waals surface area (Å²) in [5, 5.41) is 11.8. The molecular weight excluding hydrogens is 248 g/mol. The van der Waals surface area contributed by atoms with Crippen LogP contribution in [0.3, 0.4) is 0 Å². The molecule has 4 heteroatoms. The number of nitrogens with one attached hydrogen (secondary N) is 1. The lowest BCUT2D eigenvalue weighted by Gasteiger charge is -2.17. The zero-order valence-corrected chi connectivity index (χ0v) is 12.8. The molecule has 0 atom stereocenters. The summed E-state index contributed by atoms with van der Waals surface area (Å²) in [4.78, 5) is 0. The molecule has 0 bridgehead atoms. The van der Waals surface area contributed by atoms with Crippen molar-refractivity contribution in [3.8, 4) is 0 Å². The molecule has 2 aromatic rings. The second kappa shape index (κ2) is 6.18. The van der Waals surface area contributed by atoms with E-state index in [1.807, 2.05) is 10.9 Å². The molecule has 2 rings (SSSR count). The number of hydrogen-bond acceptors (Lipinski definition) is 3. The molecule has 0 saturated carbocycles. The van der Waals surface area contributed by atoms with E-state index in [1.54, 1.807) is 0 Å². The molecule has 0 aliphatic carbocycles. The van der Waals surface area contributed by atoms with Crippen molar-refractivity contribution in [1.29, 1.82) is 0 Å². The summed E-state index contributed by atoms with van der Waals surface area (Å²) in [7, 11) is 0. The van der Waals surface area contributed by atoms with Crippen LogP contribution in [0.1, 0.15) is 44.5 Å². The quantitative estimate of drug-likeness (QED) is 0.910. The van der Waals surface area contributed by atoms with Crippen LogP contribution in [0.4, 0.5) is 0 Å². The van der Waals surface area contributed by atoms with Gasteiger partial charge in [0.15, 0.2) is 0 Å². The molecule has 108 valence electrons. The van der Waals surface area contributed by atoms with Crippen LogP contribution in [0, 0.1) is 0 Å². The molecule has 0 unspecified atom stereocenters. The van der Waals surface area contributed by atoms with Crippen molar-refractivity contribution in [1.82, 2.24) is 20.3 Å². The van der Waals surface area contributed by atoms with Gasteiger partial charge >= 0.3 is 0 Å². The summed E-state index contributed by atoms with van der Waals surface area (Å²) >= 11 is 0. The third-order valence-electron chi connectivity index (χ3n) is 3.35. The van der Waals surface area contributed by atoms with Gasteiger partial charge in [-0.15, -0.1) is 5.10 Å². The van der Waals surface area contributed by atoms with Crippen LogP contribution in [0.5, 0.6) is 0 Å². The monoisotopic (exact) mass is 272 g/mol. The normalized spacial score (nSPS) is 11.8. The standard InChI is InChI=1S/C16H24N4/c1-5-13-8-6-7-9-14(13)10-17-11-15-12-20(19-18-15)16(2,3)4/h6-9,12,17H,5,10-11H2,1-4H3. The Hall–Kier alpha value is -1.68. The molecule has 0 spiro atoms. The van der Waals surface area contributed by atoms with E-state index in [0.29, 0.717) is 0 Å². The first-order valence-electron chi connectivity index (χ1n) is 7.20. The van der Waals surface area contributed by atoms with Gasteiger partial charge in [0.05, 0.1) is 17.4 Å². The maximum atomic E-state index is 4.21. The van der Waals surface area contributed by atoms with E-state index in [1.165, 1.54) is 11.1 Å². The molecule has 0 saturated heterocycles. The smallest absolute Gasteiger partial charge is 0.0965 e. The van der Waals surface area contributed by atoms with Crippen molar-refractivity contribution >= 4 is 0 Å². The Morgan fingerprint density at radius 3 is 2.40 bits per heavy atom. The lowest BCUT2D eigenvalue weighted by molar-refractivity contribution is 0.347. The molecular formula is C16H24N4. The molecule has 0 amide bonds. The fourth-order valence-electron chi connectivity index (χ4n) is 2.11. The maximum absolute atomic E-state index is 4.21. The molecule has 1 heterocycles. The zero-order valence-electron chi connectivity index (χ0n) is 12.8. The lowest BCUT2D eigenvalue weighted by atomic mass is 10.1. The number of benzene rings is 1. The summed E-state index contributed by atoms with van der Waals surface area (Å²) < 4.78 is 1.91. The molecule has 1 N–H and O–H groups in total. The van der Waals surface area contributed by atoms with Gasteiger partial charge in [-0.1, -0.05) is 36.4 Å². The number of aromatic nitrogens is 3. The van der Waals surface area contributed by atoms with E-state index in [2.05, 4.69) is 67.6 Å². The Balaban J connectivity index is 1.91. The highest BCUT2D eigenvalue weighted by Gasteiger charge is 2.14. The molecule has 0 radical (unpaired) electrons. The topological polar surface area (TPSA) is 42.7 Å². The molecule has 1 aromatic carbocycles. The van der Waals surface area contributed by atoms with E-state index in [0.717, 1.165) is 25.2 Å². The van der Waals surface area contributed by atoms with Gasteiger partial charge in [-0.25, -0.2) is 4.68 Å². The fraction of sp³-hybridized carbons (Fsp3) is 0.500. The highest BCUT2D eigenvalue weighted by Crippen LogP contribution is 2.12. The SMILES string of the molecule is CCc1ccccc1CNCc1cn(C(C)(C)C)nn1. The van der Waals surface area contributed by atoms with Crippen LogP contribution < -0.4 is 5.32 Å². The van der Waals surface area contributed by atoms with Crippen LogP contribution in [-0.2, 0) is 25.0 Å². The molecule has 0 aliphatic heterocycles. The highest BCUT2D eigenvalue weighted by molar-refractivity contribution is 5.26. The fourth-order valence-corrected chi connectivity index (χ4v) is 2.11. The van der Waals surface area contributed by atoms with Gasteiger partial charge in [0.2, 0.25) is 0 Å². The number of hydrogen-bond donors (Lipinski definition) is 1. The van der Waals surface area contributed by atoms with Gasteiger partial charge in [-0.2, -0.15) is 0 Å². The highest BCUT2D eigenvalue weighted by atomic mass is 15.4. The molecule has 4 nitrogen and oxygen atoms in total. The largest absolute Gasteiger partial charge is 0.307 e. The molecule has 20 heavy (non-hydrogen) atoms. The first-order chi connectivity index (χ1) is 9.50. The minimum atomic E-state index is -0.0138. The summed E-state index contributed by atoms with van der Waals surface area (Å²) in [6.45, 7) is 10.2. The van der Waals surface area contributed by atoms with Gasteiger partial charge in [0.25, 0.3) is 0 Å². The molecule has 1 aromatic heterocycles. The Kier molecular flexibility index (Phi) is 4.55. The van der Waals surface area contributed by atoms with Gasteiger partial charge in [0, 0.05) is 13.1 Å². The molecule has 0 aliphatic rings. The Bertz CT molecular complexity index is 552. The number of rotatable bonds is 5. The predicted molar refractivity (Wildman–Crippen MR) is 81.4 cm³/mol. The Labute approximate surface area is 121 Å². The van der Waals surface area contributed by atoms with Crippen molar-refractivity contribution in [2.75, 3.05) is 0 Å². The summed E-state index contributed by atoms with van der Waals surface area (Å²) in [5.74, 6) is 0. The Morgan fingerprint density at radius 2 is 1.80 bits per heavy atom. The summed E-state index contributed by atoms with van der Waals surface area (Å²) in [6, 6.07) is 8.55. The minimum Gasteiger partial charge on any atom is -0.307 e. The van der Waals surface area contributed by atoms with Crippen LogP contribution in [0.25, 0.3) is 0 Å². The lowest BCUT2D eigenvalue weighted by Crippen LogP contribution is -2.22. The van der Waals surface area contributed by atoms with Gasteiger partial charge in [-0.05, 0) is 38.3 Å². The van der Waals surface area contributed by atoms with Crippen LogP contribution in [-0.4, -0.2) is 15.0 Å². The van der Waals surface area contributed by atoms with Crippen molar-refractivity contribution in [2.45, 2.75) is 52.7 Å². The van der Waals surface area contributed by atoms with E-state index >= 15 is 0 Å². The predicted octanol–water partition coefficient (Wildman–Crippen LogP) is 2.89. The van der Waals surface area contributed by atoms with E-state index < -0.39 is 0 Å². The minimum absolute atomic E-state index is 0.0138. The first-order valence-corrected chi connectivity index (χ1v) is 7.20. The van der Waals surface area contributed by atoms with Crippen molar-refractivity contribution in [3.63, 3.8) is 0 Å². The molecule has 0 fully saturated rings. The second-order valence-electron chi connectivity index (χ2n) is 6.05.